The largest absolute Gasteiger partial charge is 0.391 e. The molecule has 17 heavy (non-hydrogen) atoms. The Labute approximate surface area is 106 Å². The second kappa shape index (κ2) is 5.10. The molecule has 1 aromatic rings. The van der Waals surface area contributed by atoms with E-state index < -0.39 is 6.10 Å². The highest BCUT2D eigenvalue weighted by atomic mass is 35.5. The van der Waals surface area contributed by atoms with Crippen LogP contribution in [0.1, 0.15) is 36.2 Å². The number of aryl methyl sites for hydroxylation is 1. The maximum Gasteiger partial charge on any atom is 0.268 e. The number of hydrogen-bond donors (Lipinski definition) is 2. The summed E-state index contributed by atoms with van der Waals surface area (Å²) in [5, 5.41) is 13.2. The van der Waals surface area contributed by atoms with Crippen molar-refractivity contribution in [2.75, 3.05) is 0 Å². The van der Waals surface area contributed by atoms with Crippen molar-refractivity contribution >= 4 is 17.5 Å². The second-order valence-corrected chi connectivity index (χ2v) is 5.02. The predicted molar refractivity (Wildman–Crippen MR) is 66.2 cm³/mol. The minimum atomic E-state index is -0.427. The van der Waals surface area contributed by atoms with E-state index in [-0.39, 0.29) is 11.9 Å². The molecule has 0 unspecified atom stereocenters. The molecule has 0 spiro atoms. The van der Waals surface area contributed by atoms with Gasteiger partial charge in [-0.25, -0.2) is 0 Å². The van der Waals surface area contributed by atoms with Crippen LogP contribution in [0.2, 0.25) is 5.02 Å². The lowest BCUT2D eigenvalue weighted by Gasteiger charge is -2.28. The zero-order chi connectivity index (χ0) is 12.4. The number of nitrogens with one attached hydrogen (secondary N) is 1. The highest BCUT2D eigenvalue weighted by Gasteiger charge is 2.25. The molecule has 1 aliphatic carbocycles. The number of amides is 1. The Morgan fingerprint density at radius 1 is 1.53 bits per heavy atom. The summed E-state index contributed by atoms with van der Waals surface area (Å²) in [5.41, 5.74) is 0.521. The number of rotatable bonds is 2. The summed E-state index contributed by atoms with van der Waals surface area (Å²) in [6, 6.07) is 1.50. The molecule has 1 fully saturated rings. The summed E-state index contributed by atoms with van der Waals surface area (Å²) in [5.74, 6) is -0.176. The van der Waals surface area contributed by atoms with Crippen LogP contribution >= 0.6 is 11.6 Å². The Hall–Kier alpha value is -1.00. The maximum atomic E-state index is 12.0. The van der Waals surface area contributed by atoms with Gasteiger partial charge in [0.05, 0.1) is 17.2 Å². The van der Waals surface area contributed by atoms with Gasteiger partial charge in [0.2, 0.25) is 0 Å². The average Bonchev–Trinajstić information content (AvgIpc) is 2.61. The van der Waals surface area contributed by atoms with Gasteiger partial charge in [-0.2, -0.15) is 0 Å². The molecular formula is C12H17ClN2O2. The molecule has 0 saturated heterocycles. The van der Waals surface area contributed by atoms with E-state index in [4.69, 9.17) is 11.6 Å². The van der Waals surface area contributed by atoms with Crippen molar-refractivity contribution < 1.29 is 9.90 Å². The lowest BCUT2D eigenvalue weighted by Crippen LogP contribution is -2.45. The first-order chi connectivity index (χ1) is 8.08. The number of carbonyl (C=O) groups excluding carboxylic acids is 1. The number of aliphatic hydroxyl groups is 1. The summed E-state index contributed by atoms with van der Waals surface area (Å²) in [6.07, 6.45) is 4.94. The van der Waals surface area contributed by atoms with E-state index in [9.17, 15) is 9.90 Å². The van der Waals surface area contributed by atoms with E-state index in [1.165, 1.54) is 0 Å². The van der Waals surface area contributed by atoms with Crippen molar-refractivity contribution in [3.05, 3.63) is 23.0 Å². The van der Waals surface area contributed by atoms with E-state index in [1.54, 1.807) is 23.9 Å². The van der Waals surface area contributed by atoms with Crippen LogP contribution in [-0.4, -0.2) is 27.7 Å². The average molecular weight is 257 g/mol. The van der Waals surface area contributed by atoms with Crippen molar-refractivity contribution in [2.24, 2.45) is 7.05 Å². The monoisotopic (exact) mass is 256 g/mol. The summed E-state index contributed by atoms with van der Waals surface area (Å²) in [4.78, 5) is 12.0. The van der Waals surface area contributed by atoms with E-state index in [0.29, 0.717) is 10.7 Å². The molecule has 1 aliphatic rings. The van der Waals surface area contributed by atoms with Gasteiger partial charge in [-0.05, 0) is 18.9 Å². The number of nitrogens with zero attached hydrogens (tertiary/aromatic N) is 1. The molecule has 4 nitrogen and oxygen atoms in total. The van der Waals surface area contributed by atoms with Gasteiger partial charge in [-0.15, -0.1) is 0 Å². The molecule has 0 radical (unpaired) electrons. The Bertz CT molecular complexity index is 417. The van der Waals surface area contributed by atoms with Gasteiger partial charge in [-0.3, -0.25) is 4.79 Å². The van der Waals surface area contributed by atoms with Crippen LogP contribution in [0.4, 0.5) is 0 Å². The predicted octanol–water partition coefficient (Wildman–Crippen LogP) is 1.71. The van der Waals surface area contributed by atoms with Crippen LogP contribution in [0.25, 0.3) is 0 Å². The lowest BCUT2D eigenvalue weighted by atomic mass is 9.92. The van der Waals surface area contributed by atoms with Crippen LogP contribution < -0.4 is 5.32 Å². The molecule has 1 saturated carbocycles. The minimum absolute atomic E-state index is 0.134. The zero-order valence-corrected chi connectivity index (χ0v) is 10.6. The Morgan fingerprint density at radius 3 is 2.82 bits per heavy atom. The smallest absolute Gasteiger partial charge is 0.268 e. The molecule has 1 amide bonds. The van der Waals surface area contributed by atoms with Gasteiger partial charge in [-0.1, -0.05) is 24.4 Å². The number of aliphatic hydroxyl groups excluding tert-OH is 1. The fourth-order valence-electron chi connectivity index (χ4n) is 2.27. The summed E-state index contributed by atoms with van der Waals surface area (Å²) in [6.45, 7) is 0. The molecule has 0 bridgehead atoms. The van der Waals surface area contributed by atoms with E-state index in [1.807, 2.05) is 0 Å². The minimum Gasteiger partial charge on any atom is -0.391 e. The van der Waals surface area contributed by atoms with Crippen molar-refractivity contribution in [3.8, 4) is 0 Å². The van der Waals surface area contributed by atoms with Crippen LogP contribution in [-0.2, 0) is 7.05 Å². The molecule has 1 aromatic heterocycles. The molecule has 0 aromatic carbocycles. The first-order valence-corrected chi connectivity index (χ1v) is 6.26. The van der Waals surface area contributed by atoms with Crippen molar-refractivity contribution in [3.63, 3.8) is 0 Å². The topological polar surface area (TPSA) is 54.3 Å². The molecule has 1 heterocycles. The molecule has 2 N–H and O–H groups in total. The first-order valence-electron chi connectivity index (χ1n) is 5.88. The van der Waals surface area contributed by atoms with Crippen molar-refractivity contribution in [2.45, 2.75) is 37.8 Å². The Kier molecular flexibility index (Phi) is 3.74. The quantitative estimate of drug-likeness (QED) is 0.847. The first kappa shape index (κ1) is 12.5. The number of aromatic nitrogens is 1. The van der Waals surface area contributed by atoms with Gasteiger partial charge >= 0.3 is 0 Å². The third-order valence-electron chi connectivity index (χ3n) is 3.25. The van der Waals surface area contributed by atoms with Gasteiger partial charge in [0, 0.05) is 13.2 Å². The van der Waals surface area contributed by atoms with Gasteiger partial charge in [0.1, 0.15) is 5.69 Å². The molecule has 94 valence electrons. The molecule has 0 aliphatic heterocycles. The van der Waals surface area contributed by atoms with E-state index in [0.717, 1.165) is 25.7 Å². The summed E-state index contributed by atoms with van der Waals surface area (Å²) >= 11 is 5.83. The number of carbonyl (C=O) groups is 1. The molecule has 5 heteroatoms. The zero-order valence-electron chi connectivity index (χ0n) is 9.82. The molecule has 2 rings (SSSR count). The lowest BCUT2D eigenvalue weighted by molar-refractivity contribution is 0.0711. The Morgan fingerprint density at radius 2 is 2.24 bits per heavy atom. The highest BCUT2D eigenvalue weighted by molar-refractivity contribution is 6.31. The van der Waals surface area contributed by atoms with Gasteiger partial charge in [0.25, 0.3) is 5.91 Å². The highest BCUT2D eigenvalue weighted by Crippen LogP contribution is 2.19. The number of halogens is 1. The standard InChI is InChI=1S/C12H17ClN2O2/c1-15-7-8(13)6-10(15)12(17)14-9-4-2-3-5-11(9)16/h6-7,9,11,16H,2-5H2,1H3,(H,14,17)/t9-,11-/m1/s1. The molecule has 2 atom stereocenters. The second-order valence-electron chi connectivity index (χ2n) is 4.59. The van der Waals surface area contributed by atoms with Crippen LogP contribution in [0.15, 0.2) is 12.3 Å². The fraction of sp³-hybridized carbons (Fsp3) is 0.583. The van der Waals surface area contributed by atoms with Crippen LogP contribution in [0.5, 0.6) is 0 Å². The third kappa shape index (κ3) is 2.82. The van der Waals surface area contributed by atoms with Crippen LogP contribution in [0, 0.1) is 0 Å². The van der Waals surface area contributed by atoms with E-state index in [2.05, 4.69) is 5.32 Å². The molecular weight excluding hydrogens is 240 g/mol. The number of hydrogen-bond acceptors (Lipinski definition) is 2. The van der Waals surface area contributed by atoms with Crippen molar-refractivity contribution in [1.82, 2.24) is 9.88 Å². The van der Waals surface area contributed by atoms with Crippen LogP contribution in [0.3, 0.4) is 0 Å². The maximum absolute atomic E-state index is 12.0. The van der Waals surface area contributed by atoms with Gasteiger partial charge in [0.15, 0.2) is 0 Å². The normalized spacial score (nSPS) is 24.6. The summed E-state index contributed by atoms with van der Waals surface area (Å²) < 4.78 is 1.69. The van der Waals surface area contributed by atoms with Gasteiger partial charge < -0.3 is 15.0 Å². The fourth-order valence-corrected chi connectivity index (χ4v) is 2.52. The SMILES string of the molecule is Cn1cc(Cl)cc1C(=O)N[C@@H]1CCCC[C@H]1O. The Balaban J connectivity index is 2.03. The van der Waals surface area contributed by atoms with E-state index >= 15 is 0 Å². The third-order valence-corrected chi connectivity index (χ3v) is 3.46. The van der Waals surface area contributed by atoms with Crippen molar-refractivity contribution in [1.29, 1.82) is 0 Å². The summed E-state index contributed by atoms with van der Waals surface area (Å²) in [7, 11) is 1.78.